The van der Waals surface area contributed by atoms with E-state index >= 15 is 0 Å². The van der Waals surface area contributed by atoms with Crippen molar-refractivity contribution in [2.24, 2.45) is 0 Å². The van der Waals surface area contributed by atoms with Crippen molar-refractivity contribution in [1.29, 1.82) is 0 Å². The van der Waals surface area contributed by atoms with E-state index in [4.69, 9.17) is 4.42 Å². The highest BCUT2D eigenvalue weighted by Crippen LogP contribution is 2.21. The van der Waals surface area contributed by atoms with Crippen LogP contribution in [0.4, 0.5) is 5.69 Å². The summed E-state index contributed by atoms with van der Waals surface area (Å²) in [5, 5.41) is 3.39. The lowest BCUT2D eigenvalue weighted by molar-refractivity contribution is 0.446. The molecule has 0 aliphatic rings. The molecule has 3 nitrogen and oxygen atoms in total. The number of nitrogens with one attached hydrogen (secondary N) is 1. The van der Waals surface area contributed by atoms with Crippen molar-refractivity contribution in [1.82, 2.24) is 5.32 Å². The Bertz CT molecular complexity index is 546. The monoisotopic (exact) mass is 286 g/mol. The van der Waals surface area contributed by atoms with Crippen molar-refractivity contribution in [2.75, 3.05) is 11.4 Å². The Morgan fingerprint density at radius 3 is 2.52 bits per heavy atom. The van der Waals surface area contributed by atoms with E-state index in [0.717, 1.165) is 31.2 Å². The Morgan fingerprint density at radius 1 is 1.19 bits per heavy atom. The molecule has 21 heavy (non-hydrogen) atoms. The SMILES string of the molecule is CCN(Cc1cc(CNC(C)C)oc1C)c1ccccc1. The number of benzene rings is 1. The Balaban J connectivity index is 2.07. The first-order valence-corrected chi connectivity index (χ1v) is 7.71. The van der Waals surface area contributed by atoms with Crippen molar-refractivity contribution < 1.29 is 4.42 Å². The summed E-state index contributed by atoms with van der Waals surface area (Å²) in [6.07, 6.45) is 0. The fourth-order valence-corrected chi connectivity index (χ4v) is 2.37. The zero-order chi connectivity index (χ0) is 15.2. The molecule has 0 unspecified atom stereocenters. The molecular formula is C18H26N2O. The number of nitrogens with zero attached hydrogens (tertiary/aromatic N) is 1. The lowest BCUT2D eigenvalue weighted by Crippen LogP contribution is -2.22. The summed E-state index contributed by atoms with van der Waals surface area (Å²) in [6.45, 7) is 11.2. The number of aryl methyl sites for hydroxylation is 1. The van der Waals surface area contributed by atoms with Crippen LogP contribution >= 0.6 is 0 Å². The van der Waals surface area contributed by atoms with Gasteiger partial charge in [-0.2, -0.15) is 0 Å². The topological polar surface area (TPSA) is 28.4 Å². The molecule has 0 amide bonds. The first-order valence-electron chi connectivity index (χ1n) is 7.71. The lowest BCUT2D eigenvalue weighted by atomic mass is 10.2. The van der Waals surface area contributed by atoms with E-state index in [9.17, 15) is 0 Å². The maximum Gasteiger partial charge on any atom is 0.118 e. The third-order valence-electron chi connectivity index (χ3n) is 3.62. The molecule has 0 radical (unpaired) electrons. The smallest absolute Gasteiger partial charge is 0.118 e. The summed E-state index contributed by atoms with van der Waals surface area (Å²) < 4.78 is 5.86. The van der Waals surface area contributed by atoms with E-state index < -0.39 is 0 Å². The van der Waals surface area contributed by atoms with E-state index in [2.05, 4.69) is 67.4 Å². The molecule has 0 atom stereocenters. The van der Waals surface area contributed by atoms with Crippen LogP contribution in [0, 0.1) is 6.92 Å². The second-order valence-corrected chi connectivity index (χ2v) is 5.68. The number of anilines is 1. The van der Waals surface area contributed by atoms with E-state index in [0.29, 0.717) is 6.04 Å². The standard InChI is InChI=1S/C18H26N2O/c1-5-20(17-9-7-6-8-10-17)13-16-11-18(21-15(16)4)12-19-14(2)3/h6-11,14,19H,5,12-13H2,1-4H3. The van der Waals surface area contributed by atoms with Crippen LogP contribution in [0.3, 0.4) is 0 Å². The predicted molar refractivity (Wildman–Crippen MR) is 88.6 cm³/mol. The molecule has 0 aliphatic heterocycles. The van der Waals surface area contributed by atoms with Crippen molar-refractivity contribution in [3.8, 4) is 0 Å². The van der Waals surface area contributed by atoms with Gasteiger partial charge in [-0.25, -0.2) is 0 Å². The van der Waals surface area contributed by atoms with Crippen LogP contribution in [0.1, 0.15) is 37.9 Å². The van der Waals surface area contributed by atoms with Gasteiger partial charge in [0, 0.05) is 30.4 Å². The summed E-state index contributed by atoms with van der Waals surface area (Å²) in [4.78, 5) is 2.36. The van der Waals surface area contributed by atoms with Crippen LogP contribution in [0.5, 0.6) is 0 Å². The zero-order valence-electron chi connectivity index (χ0n) is 13.5. The summed E-state index contributed by atoms with van der Waals surface area (Å²) in [6, 6.07) is 13.2. The molecule has 2 rings (SSSR count). The molecule has 0 saturated carbocycles. The largest absolute Gasteiger partial charge is 0.465 e. The van der Waals surface area contributed by atoms with Gasteiger partial charge in [0.1, 0.15) is 11.5 Å². The molecular weight excluding hydrogens is 260 g/mol. The molecule has 3 heteroatoms. The molecule has 0 saturated heterocycles. The summed E-state index contributed by atoms with van der Waals surface area (Å²) >= 11 is 0. The van der Waals surface area contributed by atoms with E-state index in [1.165, 1.54) is 11.3 Å². The third-order valence-corrected chi connectivity index (χ3v) is 3.62. The molecule has 1 aromatic heterocycles. The number of hydrogen-bond acceptors (Lipinski definition) is 3. The van der Waals surface area contributed by atoms with Crippen molar-refractivity contribution >= 4 is 5.69 Å². The number of rotatable bonds is 7. The van der Waals surface area contributed by atoms with Gasteiger partial charge in [0.05, 0.1) is 6.54 Å². The predicted octanol–water partition coefficient (Wildman–Crippen LogP) is 4.11. The minimum Gasteiger partial charge on any atom is -0.465 e. The Kier molecular flexibility index (Phi) is 5.45. The Hall–Kier alpha value is -1.74. The van der Waals surface area contributed by atoms with Crippen molar-refractivity contribution in [3.63, 3.8) is 0 Å². The first kappa shape index (κ1) is 15.6. The lowest BCUT2D eigenvalue weighted by Gasteiger charge is -2.22. The zero-order valence-corrected chi connectivity index (χ0v) is 13.5. The molecule has 114 valence electrons. The minimum absolute atomic E-state index is 0.468. The van der Waals surface area contributed by atoms with Crippen molar-refractivity contribution in [2.45, 2.75) is 46.8 Å². The van der Waals surface area contributed by atoms with Gasteiger partial charge in [0.15, 0.2) is 0 Å². The Labute approximate surface area is 128 Å². The minimum atomic E-state index is 0.468. The van der Waals surface area contributed by atoms with Crippen molar-refractivity contribution in [3.05, 3.63) is 53.5 Å². The van der Waals surface area contributed by atoms with E-state index in [1.807, 2.05) is 6.92 Å². The van der Waals surface area contributed by atoms with Crippen LogP contribution in [0.25, 0.3) is 0 Å². The fourth-order valence-electron chi connectivity index (χ4n) is 2.37. The maximum atomic E-state index is 5.86. The summed E-state index contributed by atoms with van der Waals surface area (Å²) in [7, 11) is 0. The van der Waals surface area contributed by atoms with Crippen LogP contribution in [-0.2, 0) is 13.1 Å². The van der Waals surface area contributed by atoms with Crippen LogP contribution < -0.4 is 10.2 Å². The second-order valence-electron chi connectivity index (χ2n) is 5.68. The molecule has 0 bridgehead atoms. The molecule has 0 aliphatic carbocycles. The van der Waals surface area contributed by atoms with Gasteiger partial charge in [-0.1, -0.05) is 32.0 Å². The van der Waals surface area contributed by atoms with Gasteiger partial charge in [0.2, 0.25) is 0 Å². The average Bonchev–Trinajstić information content (AvgIpc) is 2.83. The van der Waals surface area contributed by atoms with Gasteiger partial charge in [-0.05, 0) is 32.0 Å². The third kappa shape index (κ3) is 4.36. The number of furan rings is 1. The van der Waals surface area contributed by atoms with Crippen LogP contribution in [0.2, 0.25) is 0 Å². The van der Waals surface area contributed by atoms with E-state index in [-0.39, 0.29) is 0 Å². The highest BCUT2D eigenvalue weighted by atomic mass is 16.3. The quantitative estimate of drug-likeness (QED) is 0.830. The molecule has 1 N–H and O–H groups in total. The summed E-state index contributed by atoms with van der Waals surface area (Å²) in [5.74, 6) is 2.03. The van der Waals surface area contributed by atoms with Gasteiger partial charge in [-0.3, -0.25) is 0 Å². The van der Waals surface area contributed by atoms with E-state index in [1.54, 1.807) is 0 Å². The van der Waals surface area contributed by atoms with Crippen LogP contribution in [-0.4, -0.2) is 12.6 Å². The van der Waals surface area contributed by atoms with Gasteiger partial charge >= 0.3 is 0 Å². The fraction of sp³-hybridized carbons (Fsp3) is 0.444. The molecule has 1 aromatic carbocycles. The number of para-hydroxylation sites is 1. The normalized spacial score (nSPS) is 11.1. The average molecular weight is 286 g/mol. The molecule has 0 spiro atoms. The Morgan fingerprint density at radius 2 is 1.90 bits per heavy atom. The molecule has 2 aromatic rings. The summed E-state index contributed by atoms with van der Waals surface area (Å²) in [5.41, 5.74) is 2.52. The first-order chi connectivity index (χ1) is 10.1. The van der Waals surface area contributed by atoms with Gasteiger partial charge < -0.3 is 14.6 Å². The molecule has 1 heterocycles. The molecule has 0 fully saturated rings. The van der Waals surface area contributed by atoms with Gasteiger partial charge in [0.25, 0.3) is 0 Å². The highest BCUT2D eigenvalue weighted by molar-refractivity contribution is 5.46. The maximum absolute atomic E-state index is 5.86. The second kappa shape index (κ2) is 7.32. The number of hydrogen-bond donors (Lipinski definition) is 1. The van der Waals surface area contributed by atoms with Gasteiger partial charge in [-0.15, -0.1) is 0 Å². The highest BCUT2D eigenvalue weighted by Gasteiger charge is 2.12. The van der Waals surface area contributed by atoms with Crippen LogP contribution in [0.15, 0.2) is 40.8 Å².